The fourth-order valence-electron chi connectivity index (χ4n) is 1.13. The summed E-state index contributed by atoms with van der Waals surface area (Å²) in [6.45, 7) is 8.83. The topological polar surface area (TPSA) is 12.9 Å². The fourth-order valence-corrected chi connectivity index (χ4v) is 2.09. The van der Waals surface area contributed by atoms with Gasteiger partial charge in [0.2, 0.25) is 0 Å². The van der Waals surface area contributed by atoms with Crippen molar-refractivity contribution in [3.05, 3.63) is 16.1 Å². The van der Waals surface area contributed by atoms with Crippen LogP contribution in [-0.2, 0) is 0 Å². The molecule has 0 aliphatic heterocycles. The summed E-state index contributed by atoms with van der Waals surface area (Å²) >= 11 is 1.77. The smallest absolute Gasteiger partial charge is 0.0797 e. The third kappa shape index (κ3) is 1.80. The summed E-state index contributed by atoms with van der Waals surface area (Å²) in [6.07, 6.45) is 0. The Kier molecular flexibility index (Phi) is 2.66. The molecule has 1 heterocycles. The lowest BCUT2D eigenvalue weighted by Gasteiger charge is -2.07. The molecule has 0 fully saturated rings. The molecular formula is C9H15NS. The van der Waals surface area contributed by atoms with Crippen molar-refractivity contribution in [2.45, 2.75) is 39.5 Å². The Labute approximate surface area is 72.5 Å². The van der Waals surface area contributed by atoms with Gasteiger partial charge in [-0.05, 0) is 11.8 Å². The molecule has 2 heteroatoms. The van der Waals surface area contributed by atoms with Crippen LogP contribution in [0.5, 0.6) is 0 Å². The Morgan fingerprint density at radius 3 is 2.18 bits per heavy atom. The highest BCUT2D eigenvalue weighted by Gasteiger charge is 2.11. The third-order valence-corrected chi connectivity index (χ3v) is 2.84. The summed E-state index contributed by atoms with van der Waals surface area (Å²) in [7, 11) is 0. The molecule has 1 nitrogen and oxygen atoms in total. The van der Waals surface area contributed by atoms with Gasteiger partial charge in [-0.25, -0.2) is 4.98 Å². The second kappa shape index (κ2) is 3.35. The largest absolute Gasteiger partial charge is 0.249 e. The first-order valence-electron chi connectivity index (χ1n) is 4.06. The van der Waals surface area contributed by atoms with E-state index in [4.69, 9.17) is 0 Å². The van der Waals surface area contributed by atoms with Crippen LogP contribution >= 0.6 is 11.3 Å². The van der Waals surface area contributed by atoms with E-state index in [1.165, 1.54) is 10.6 Å². The molecule has 0 aliphatic carbocycles. The third-order valence-electron chi connectivity index (χ3n) is 1.70. The summed E-state index contributed by atoms with van der Waals surface area (Å²) in [4.78, 5) is 5.80. The molecule has 1 aromatic heterocycles. The monoisotopic (exact) mass is 169 g/mol. The Morgan fingerprint density at radius 1 is 1.18 bits per heavy atom. The van der Waals surface area contributed by atoms with E-state index in [1.54, 1.807) is 11.3 Å². The molecule has 0 aliphatic rings. The maximum absolute atomic E-state index is 4.36. The van der Waals surface area contributed by atoms with Crippen LogP contribution in [0, 0.1) is 0 Å². The number of hydrogen-bond acceptors (Lipinski definition) is 2. The van der Waals surface area contributed by atoms with Crippen LogP contribution in [0.25, 0.3) is 0 Å². The van der Waals surface area contributed by atoms with Crippen molar-refractivity contribution in [2.24, 2.45) is 0 Å². The maximum atomic E-state index is 4.36. The minimum Gasteiger partial charge on any atom is -0.249 e. The normalized spacial score (nSPS) is 11.5. The average Bonchev–Trinajstić information content (AvgIpc) is 2.32. The number of rotatable bonds is 2. The molecule has 1 aromatic rings. The van der Waals surface area contributed by atoms with Crippen molar-refractivity contribution in [3.8, 4) is 0 Å². The van der Waals surface area contributed by atoms with E-state index in [1.807, 2.05) is 5.51 Å². The van der Waals surface area contributed by atoms with E-state index in [9.17, 15) is 0 Å². The van der Waals surface area contributed by atoms with Crippen molar-refractivity contribution in [3.63, 3.8) is 0 Å². The van der Waals surface area contributed by atoms with Gasteiger partial charge in [0.15, 0.2) is 0 Å². The highest BCUT2D eigenvalue weighted by atomic mass is 32.1. The predicted octanol–water partition coefficient (Wildman–Crippen LogP) is 3.39. The van der Waals surface area contributed by atoms with Gasteiger partial charge >= 0.3 is 0 Å². The summed E-state index contributed by atoms with van der Waals surface area (Å²) in [5.41, 5.74) is 3.23. The zero-order valence-corrected chi connectivity index (χ0v) is 8.40. The highest BCUT2D eigenvalue weighted by Crippen LogP contribution is 2.28. The zero-order chi connectivity index (χ0) is 8.43. The second-order valence-electron chi connectivity index (χ2n) is 3.41. The number of hydrogen-bond donors (Lipinski definition) is 0. The second-order valence-corrected chi connectivity index (χ2v) is 4.30. The first kappa shape index (κ1) is 8.72. The van der Waals surface area contributed by atoms with E-state index in [-0.39, 0.29) is 0 Å². The average molecular weight is 169 g/mol. The first-order chi connectivity index (χ1) is 5.13. The van der Waals surface area contributed by atoms with Gasteiger partial charge in [0.05, 0.1) is 11.2 Å². The zero-order valence-electron chi connectivity index (χ0n) is 7.59. The number of thiazole rings is 1. The molecule has 1 rings (SSSR count). The SMILES string of the molecule is CC(C)c1ncsc1C(C)C. The molecule has 0 aromatic carbocycles. The summed E-state index contributed by atoms with van der Waals surface area (Å²) in [5.74, 6) is 1.19. The van der Waals surface area contributed by atoms with Gasteiger partial charge < -0.3 is 0 Å². The molecule has 0 spiro atoms. The van der Waals surface area contributed by atoms with Crippen LogP contribution in [0.4, 0.5) is 0 Å². The number of aromatic nitrogens is 1. The van der Waals surface area contributed by atoms with Gasteiger partial charge in [0, 0.05) is 4.88 Å². The van der Waals surface area contributed by atoms with Gasteiger partial charge in [0.25, 0.3) is 0 Å². The standard InChI is InChI=1S/C9H15NS/c1-6(2)8-9(7(3)4)11-5-10-8/h5-7H,1-4H3. The van der Waals surface area contributed by atoms with E-state index < -0.39 is 0 Å². The van der Waals surface area contributed by atoms with Gasteiger partial charge in [-0.1, -0.05) is 27.7 Å². The molecule has 0 saturated heterocycles. The van der Waals surface area contributed by atoms with Crippen LogP contribution in [0.15, 0.2) is 5.51 Å². The predicted molar refractivity (Wildman–Crippen MR) is 50.3 cm³/mol. The molecule has 0 saturated carbocycles. The van der Waals surface area contributed by atoms with Gasteiger partial charge in [-0.15, -0.1) is 11.3 Å². The van der Waals surface area contributed by atoms with Crippen LogP contribution in [0.3, 0.4) is 0 Å². The van der Waals surface area contributed by atoms with Gasteiger partial charge in [-0.2, -0.15) is 0 Å². The van der Waals surface area contributed by atoms with Crippen molar-refractivity contribution in [1.29, 1.82) is 0 Å². The fraction of sp³-hybridized carbons (Fsp3) is 0.667. The van der Waals surface area contributed by atoms with Crippen molar-refractivity contribution in [1.82, 2.24) is 4.98 Å². The van der Waals surface area contributed by atoms with Crippen molar-refractivity contribution >= 4 is 11.3 Å². The lowest BCUT2D eigenvalue weighted by atomic mass is 10.0. The van der Waals surface area contributed by atoms with Crippen molar-refractivity contribution < 1.29 is 0 Å². The molecule has 62 valence electrons. The van der Waals surface area contributed by atoms with E-state index in [0.29, 0.717) is 11.8 Å². The minimum atomic E-state index is 0.568. The van der Waals surface area contributed by atoms with Crippen molar-refractivity contribution in [2.75, 3.05) is 0 Å². The Bertz CT molecular complexity index is 203. The maximum Gasteiger partial charge on any atom is 0.0797 e. The lowest BCUT2D eigenvalue weighted by Crippen LogP contribution is -1.94. The van der Waals surface area contributed by atoms with Gasteiger partial charge in [0.1, 0.15) is 0 Å². The van der Waals surface area contributed by atoms with E-state index in [2.05, 4.69) is 32.7 Å². The quantitative estimate of drug-likeness (QED) is 0.661. The van der Waals surface area contributed by atoms with Crippen LogP contribution in [0.2, 0.25) is 0 Å². The first-order valence-corrected chi connectivity index (χ1v) is 4.94. The molecule has 0 unspecified atom stereocenters. The van der Waals surface area contributed by atoms with E-state index >= 15 is 0 Å². The van der Waals surface area contributed by atoms with E-state index in [0.717, 1.165) is 0 Å². The molecule has 0 N–H and O–H groups in total. The number of nitrogens with zero attached hydrogens (tertiary/aromatic N) is 1. The minimum absolute atomic E-state index is 0.568. The Hall–Kier alpha value is -0.370. The lowest BCUT2D eigenvalue weighted by molar-refractivity contribution is 0.781. The summed E-state index contributed by atoms with van der Waals surface area (Å²) in [6, 6.07) is 0. The van der Waals surface area contributed by atoms with Crippen LogP contribution in [0.1, 0.15) is 50.1 Å². The molecule has 0 amide bonds. The van der Waals surface area contributed by atoms with Gasteiger partial charge in [-0.3, -0.25) is 0 Å². The molecule has 0 radical (unpaired) electrons. The molecule has 11 heavy (non-hydrogen) atoms. The molecule has 0 atom stereocenters. The molecule has 0 bridgehead atoms. The van der Waals surface area contributed by atoms with Crippen LogP contribution in [-0.4, -0.2) is 4.98 Å². The Morgan fingerprint density at radius 2 is 1.82 bits per heavy atom. The summed E-state index contributed by atoms with van der Waals surface area (Å²) in [5, 5.41) is 0. The Balaban J connectivity index is 2.96. The highest BCUT2D eigenvalue weighted by molar-refractivity contribution is 7.09. The molecular weight excluding hydrogens is 154 g/mol. The van der Waals surface area contributed by atoms with Crippen LogP contribution < -0.4 is 0 Å². The summed E-state index contributed by atoms with van der Waals surface area (Å²) < 4.78 is 0.